The lowest BCUT2D eigenvalue weighted by atomic mass is 10.5. The molecule has 1 aliphatic rings. The van der Waals surface area contributed by atoms with E-state index in [1.54, 1.807) is 0 Å². The highest BCUT2D eigenvalue weighted by molar-refractivity contribution is 7.00. The van der Waals surface area contributed by atoms with Crippen molar-refractivity contribution < 1.29 is 7.58 Å². The van der Waals surface area contributed by atoms with Crippen molar-refractivity contribution in [3.8, 4) is 0 Å². The molecule has 0 unspecified atom stereocenters. The summed E-state index contributed by atoms with van der Waals surface area (Å²) in [6.07, 6.45) is 0.935. The summed E-state index contributed by atoms with van der Waals surface area (Å²) in [5.41, 5.74) is 0. The van der Waals surface area contributed by atoms with Gasteiger partial charge in [0.1, 0.15) is 6.29 Å². The Bertz CT molecular complexity index is 64.0. The summed E-state index contributed by atoms with van der Waals surface area (Å²) in [5, 5.41) is 0. The van der Waals surface area contributed by atoms with Crippen LogP contribution in [0.3, 0.4) is 0 Å². The van der Waals surface area contributed by atoms with Crippen LogP contribution in [-0.2, 0) is 7.58 Å². The molecule has 0 bridgehead atoms. The first kappa shape index (κ1) is 5.87. The minimum Gasteiger partial charge on any atom is -0.444 e. The molecule has 2 nitrogen and oxygen atoms in total. The van der Waals surface area contributed by atoms with Crippen molar-refractivity contribution in [1.82, 2.24) is 0 Å². The first-order chi connectivity index (χ1) is 3.33. The fourth-order valence-corrected chi connectivity index (χ4v) is 2.01. The predicted octanol–water partition coefficient (Wildman–Crippen LogP) is 0.993. The highest BCUT2D eigenvalue weighted by Crippen LogP contribution is 2.17. The van der Waals surface area contributed by atoms with Gasteiger partial charge in [-0.05, 0) is 6.42 Å². The van der Waals surface area contributed by atoms with Gasteiger partial charge in [0, 0.05) is 0 Å². The third-order valence-corrected chi connectivity index (χ3v) is 2.50. The molecule has 1 saturated heterocycles. The number of halogens is 1. The second-order valence-electron chi connectivity index (χ2n) is 1.38. The zero-order chi connectivity index (χ0) is 5.28. The summed E-state index contributed by atoms with van der Waals surface area (Å²) in [5.74, 6) is 0. The van der Waals surface area contributed by atoms with Crippen LogP contribution in [0.25, 0.3) is 0 Å². The maximum absolute atomic E-state index is 5.42. The molecule has 1 heterocycles. The Kier molecular flexibility index (Phi) is 1.96. The lowest BCUT2D eigenvalue weighted by molar-refractivity contribution is -0.103. The number of hydrogen-bond acceptors (Lipinski definition) is 2. The van der Waals surface area contributed by atoms with Crippen LogP contribution in [0.15, 0.2) is 0 Å². The normalized spacial score (nSPS) is 22.3. The van der Waals surface area contributed by atoms with Crippen LogP contribution >= 0.6 is 10.0 Å². The van der Waals surface area contributed by atoms with E-state index in [0.717, 1.165) is 6.42 Å². The SMILES string of the molecule is CCC1[O][Al]([Cl])[O]1. The summed E-state index contributed by atoms with van der Waals surface area (Å²) >= 11 is -1.57. The monoisotopic (exact) mass is 136 g/mol. The summed E-state index contributed by atoms with van der Waals surface area (Å²) in [7, 11) is 5.42. The van der Waals surface area contributed by atoms with E-state index in [2.05, 4.69) is 0 Å². The van der Waals surface area contributed by atoms with Crippen LogP contribution in [0.1, 0.15) is 13.3 Å². The molecule has 40 valence electrons. The Morgan fingerprint density at radius 3 is 2.43 bits per heavy atom. The number of rotatable bonds is 1. The van der Waals surface area contributed by atoms with Crippen molar-refractivity contribution in [2.75, 3.05) is 0 Å². The molecule has 1 aliphatic heterocycles. The summed E-state index contributed by atoms with van der Waals surface area (Å²) in [6.45, 7) is 2.00. The molecule has 0 N–H and O–H groups in total. The lowest BCUT2D eigenvalue weighted by Crippen LogP contribution is -2.40. The molecular formula is C3H6AlClO2. The van der Waals surface area contributed by atoms with Crippen LogP contribution < -0.4 is 0 Å². The molecule has 7 heavy (non-hydrogen) atoms. The van der Waals surface area contributed by atoms with Crippen LogP contribution in [0, 0.1) is 0 Å². The van der Waals surface area contributed by atoms with Gasteiger partial charge in [-0.3, -0.25) is 0 Å². The number of hydrogen-bond donors (Lipinski definition) is 0. The molecule has 0 spiro atoms. The molecule has 0 aromatic carbocycles. The standard InChI is InChI=1S/C3H6O2.Al.ClH/c1-2-3(4)5;;/h3H,2H2,1H3;;1H/q-2;+3;/p-1. The van der Waals surface area contributed by atoms with Crippen molar-refractivity contribution in [3.05, 3.63) is 0 Å². The average molecular weight is 137 g/mol. The fraction of sp³-hybridized carbons (Fsp3) is 1.00. The Labute approximate surface area is 51.6 Å². The van der Waals surface area contributed by atoms with Gasteiger partial charge >= 0.3 is 13.9 Å². The lowest BCUT2D eigenvalue weighted by Gasteiger charge is -2.29. The minimum absolute atomic E-state index is 0.0224. The van der Waals surface area contributed by atoms with Crippen molar-refractivity contribution >= 4 is 23.9 Å². The average Bonchev–Trinajstić information content (AvgIpc) is 1.58. The molecule has 0 saturated carbocycles. The summed E-state index contributed by atoms with van der Waals surface area (Å²) in [6, 6.07) is 0. The summed E-state index contributed by atoms with van der Waals surface area (Å²) in [4.78, 5) is 0. The molecule has 0 aliphatic carbocycles. The Morgan fingerprint density at radius 1 is 1.71 bits per heavy atom. The van der Waals surface area contributed by atoms with Gasteiger partial charge in [-0.25, -0.2) is 0 Å². The molecule has 0 radical (unpaired) electrons. The second-order valence-corrected chi connectivity index (χ2v) is 3.55. The van der Waals surface area contributed by atoms with Gasteiger partial charge in [0.25, 0.3) is 0 Å². The molecular weight excluding hydrogens is 130 g/mol. The van der Waals surface area contributed by atoms with Crippen molar-refractivity contribution in [2.24, 2.45) is 0 Å². The molecule has 0 amide bonds. The van der Waals surface area contributed by atoms with Crippen LogP contribution in [0.2, 0.25) is 0 Å². The van der Waals surface area contributed by atoms with Gasteiger partial charge < -0.3 is 7.58 Å². The molecule has 1 rings (SSSR count). The smallest absolute Gasteiger partial charge is 0.444 e. The van der Waals surface area contributed by atoms with Gasteiger partial charge in [0.2, 0.25) is 0 Å². The van der Waals surface area contributed by atoms with E-state index in [9.17, 15) is 0 Å². The highest BCUT2D eigenvalue weighted by atomic mass is 35.6. The van der Waals surface area contributed by atoms with Crippen LogP contribution in [0.4, 0.5) is 0 Å². The van der Waals surface area contributed by atoms with E-state index in [1.165, 1.54) is 0 Å². The van der Waals surface area contributed by atoms with Gasteiger partial charge in [-0.1, -0.05) is 6.92 Å². The largest absolute Gasteiger partial charge is 0.816 e. The zero-order valence-electron chi connectivity index (χ0n) is 4.06. The van der Waals surface area contributed by atoms with Crippen molar-refractivity contribution in [3.63, 3.8) is 0 Å². The van der Waals surface area contributed by atoms with E-state index in [1.807, 2.05) is 6.92 Å². The van der Waals surface area contributed by atoms with Gasteiger partial charge in [0.05, 0.1) is 0 Å². The molecule has 0 aromatic heterocycles. The summed E-state index contributed by atoms with van der Waals surface area (Å²) < 4.78 is 9.94. The predicted molar refractivity (Wildman–Crippen MR) is 27.9 cm³/mol. The van der Waals surface area contributed by atoms with Gasteiger partial charge in [-0.15, -0.1) is 0 Å². The van der Waals surface area contributed by atoms with Crippen molar-refractivity contribution in [2.45, 2.75) is 19.6 Å². The van der Waals surface area contributed by atoms with Gasteiger partial charge in [0.15, 0.2) is 0 Å². The second kappa shape index (κ2) is 2.34. The highest BCUT2D eigenvalue weighted by Gasteiger charge is 2.39. The fourth-order valence-electron chi connectivity index (χ4n) is 0.441. The molecule has 1 fully saturated rings. The van der Waals surface area contributed by atoms with Crippen LogP contribution in [0.5, 0.6) is 0 Å². The van der Waals surface area contributed by atoms with E-state index in [-0.39, 0.29) is 6.29 Å². The quantitative estimate of drug-likeness (QED) is 0.501. The molecule has 0 atom stereocenters. The maximum atomic E-state index is 5.42. The van der Waals surface area contributed by atoms with E-state index in [0.29, 0.717) is 0 Å². The molecule has 4 heteroatoms. The Hall–Kier alpha value is 0.742. The Morgan fingerprint density at radius 2 is 2.29 bits per heavy atom. The third-order valence-electron chi connectivity index (χ3n) is 0.851. The third kappa shape index (κ3) is 1.31. The van der Waals surface area contributed by atoms with Crippen LogP contribution in [-0.4, -0.2) is 20.2 Å². The van der Waals surface area contributed by atoms with E-state index in [4.69, 9.17) is 17.6 Å². The Balaban J connectivity index is 2.06. The maximum Gasteiger partial charge on any atom is 0.816 e. The van der Waals surface area contributed by atoms with E-state index < -0.39 is 13.9 Å². The van der Waals surface area contributed by atoms with Crippen molar-refractivity contribution in [1.29, 1.82) is 0 Å². The topological polar surface area (TPSA) is 18.5 Å². The zero-order valence-corrected chi connectivity index (χ0v) is 5.97. The molecule has 0 aromatic rings. The first-order valence-electron chi connectivity index (χ1n) is 2.28. The van der Waals surface area contributed by atoms with Gasteiger partial charge in [-0.2, -0.15) is 10.0 Å². The van der Waals surface area contributed by atoms with E-state index >= 15 is 0 Å². The first-order valence-corrected chi connectivity index (χ1v) is 4.96. The minimum atomic E-state index is -1.57.